The minimum Gasteiger partial charge on any atom is -0.465 e. The van der Waals surface area contributed by atoms with Crippen molar-refractivity contribution in [3.63, 3.8) is 0 Å². The number of esters is 1. The van der Waals surface area contributed by atoms with Crippen LogP contribution in [0.25, 0.3) is 0 Å². The fourth-order valence-electron chi connectivity index (χ4n) is 3.01. The summed E-state index contributed by atoms with van der Waals surface area (Å²) in [4.78, 5) is 23.5. The number of benzene rings is 2. The molecule has 2 atom stereocenters. The summed E-state index contributed by atoms with van der Waals surface area (Å²) in [6, 6.07) is 15.5. The molecule has 2 aromatic carbocycles. The van der Waals surface area contributed by atoms with E-state index in [4.69, 9.17) is 5.73 Å². The minimum atomic E-state index is -0.342. The van der Waals surface area contributed by atoms with Crippen LogP contribution in [-0.4, -0.2) is 25.0 Å². The molecule has 5 heteroatoms. The molecule has 5 nitrogen and oxygen atoms in total. The predicted octanol–water partition coefficient (Wildman–Crippen LogP) is 3.25. The zero-order valence-electron chi connectivity index (χ0n) is 14.9. The Morgan fingerprint density at radius 1 is 1.12 bits per heavy atom. The third-order valence-electron chi connectivity index (χ3n) is 4.71. The highest BCUT2D eigenvalue weighted by molar-refractivity contribution is 5.90. The number of hydrogen-bond donors (Lipinski definition) is 2. The van der Waals surface area contributed by atoms with E-state index in [1.165, 1.54) is 12.7 Å². The van der Waals surface area contributed by atoms with Crippen LogP contribution in [0.1, 0.15) is 46.7 Å². The van der Waals surface area contributed by atoms with Crippen LogP contribution >= 0.6 is 0 Å². The average molecular weight is 352 g/mol. The lowest BCUT2D eigenvalue weighted by Crippen LogP contribution is -2.11. The number of carbonyl (C=O) groups is 2. The van der Waals surface area contributed by atoms with Crippen molar-refractivity contribution < 1.29 is 14.3 Å². The molecule has 0 aromatic heterocycles. The number of carbonyl (C=O) groups excluding carboxylic acids is 2. The zero-order valence-corrected chi connectivity index (χ0v) is 14.9. The maximum Gasteiger partial charge on any atom is 0.337 e. The van der Waals surface area contributed by atoms with Gasteiger partial charge in [-0.3, -0.25) is 4.79 Å². The lowest BCUT2D eigenvalue weighted by Gasteiger charge is -2.07. The molecule has 136 valence electrons. The second-order valence-electron chi connectivity index (χ2n) is 6.72. The molecule has 1 aliphatic rings. The molecule has 1 saturated carbocycles. The van der Waals surface area contributed by atoms with Crippen molar-refractivity contribution in [2.45, 2.75) is 37.6 Å². The van der Waals surface area contributed by atoms with E-state index in [-0.39, 0.29) is 17.9 Å². The molecular weight excluding hydrogens is 328 g/mol. The Hall–Kier alpha value is -2.66. The van der Waals surface area contributed by atoms with Crippen molar-refractivity contribution in [2.24, 2.45) is 5.73 Å². The fraction of sp³-hybridized carbons (Fsp3) is 0.333. The van der Waals surface area contributed by atoms with E-state index in [0.29, 0.717) is 17.9 Å². The van der Waals surface area contributed by atoms with Gasteiger partial charge in [-0.25, -0.2) is 4.79 Å². The summed E-state index contributed by atoms with van der Waals surface area (Å²) in [5, 5.41) is 2.93. The van der Waals surface area contributed by atoms with Gasteiger partial charge >= 0.3 is 5.97 Å². The monoisotopic (exact) mass is 352 g/mol. The summed E-state index contributed by atoms with van der Waals surface area (Å²) in [5.41, 5.74) is 9.54. The number of ether oxygens (including phenoxy) is 1. The quantitative estimate of drug-likeness (QED) is 0.750. The number of anilines is 1. The van der Waals surface area contributed by atoms with Crippen molar-refractivity contribution in [1.82, 2.24) is 0 Å². The molecule has 0 heterocycles. The molecule has 1 aliphatic carbocycles. The van der Waals surface area contributed by atoms with Gasteiger partial charge in [0.05, 0.1) is 12.7 Å². The number of rotatable bonds is 7. The molecule has 0 spiro atoms. The van der Waals surface area contributed by atoms with Gasteiger partial charge in [-0.05, 0) is 54.7 Å². The first-order valence-electron chi connectivity index (χ1n) is 8.89. The van der Waals surface area contributed by atoms with Gasteiger partial charge in [0.15, 0.2) is 0 Å². The average Bonchev–Trinajstić information content (AvgIpc) is 3.39. The second-order valence-corrected chi connectivity index (χ2v) is 6.72. The fourth-order valence-corrected chi connectivity index (χ4v) is 3.01. The minimum absolute atomic E-state index is 0.00653. The molecule has 0 bridgehead atoms. The van der Waals surface area contributed by atoms with Crippen molar-refractivity contribution in [2.75, 3.05) is 12.4 Å². The summed E-state index contributed by atoms with van der Waals surface area (Å²) < 4.78 is 4.68. The van der Waals surface area contributed by atoms with Crippen molar-refractivity contribution >= 4 is 17.6 Å². The summed E-state index contributed by atoms with van der Waals surface area (Å²) in [7, 11) is 1.36. The van der Waals surface area contributed by atoms with Crippen molar-refractivity contribution in [1.29, 1.82) is 0 Å². The number of aryl methyl sites for hydroxylation is 1. The van der Waals surface area contributed by atoms with E-state index in [0.717, 1.165) is 30.5 Å². The Balaban J connectivity index is 1.42. The van der Waals surface area contributed by atoms with E-state index in [1.54, 1.807) is 12.1 Å². The normalized spacial score (nSPS) is 18.2. The molecule has 0 saturated heterocycles. The SMILES string of the molecule is COC(=O)c1ccc(CCCC(=O)Nc2ccc(C3CC3N)cc2)cc1. The van der Waals surface area contributed by atoms with Gasteiger partial charge in [-0.1, -0.05) is 24.3 Å². The third kappa shape index (κ3) is 4.70. The van der Waals surface area contributed by atoms with Crippen LogP contribution < -0.4 is 11.1 Å². The Bertz CT molecular complexity index is 769. The van der Waals surface area contributed by atoms with Crippen LogP contribution in [0.2, 0.25) is 0 Å². The van der Waals surface area contributed by atoms with Crippen LogP contribution in [0.3, 0.4) is 0 Å². The second kappa shape index (κ2) is 8.15. The number of hydrogen-bond acceptors (Lipinski definition) is 4. The van der Waals surface area contributed by atoms with Crippen LogP contribution in [0.5, 0.6) is 0 Å². The number of nitrogens with two attached hydrogens (primary N) is 1. The zero-order chi connectivity index (χ0) is 18.5. The van der Waals surface area contributed by atoms with Gasteiger partial charge in [0, 0.05) is 24.1 Å². The van der Waals surface area contributed by atoms with E-state index in [9.17, 15) is 9.59 Å². The summed E-state index contributed by atoms with van der Waals surface area (Å²) >= 11 is 0. The molecule has 0 radical (unpaired) electrons. The number of methoxy groups -OCH3 is 1. The predicted molar refractivity (Wildman–Crippen MR) is 101 cm³/mol. The molecule has 0 aliphatic heterocycles. The van der Waals surface area contributed by atoms with Crippen molar-refractivity contribution in [3.05, 3.63) is 65.2 Å². The highest BCUT2D eigenvalue weighted by Gasteiger charge is 2.34. The van der Waals surface area contributed by atoms with Gasteiger partial charge in [-0.15, -0.1) is 0 Å². The first-order valence-corrected chi connectivity index (χ1v) is 8.89. The highest BCUT2D eigenvalue weighted by Crippen LogP contribution is 2.39. The van der Waals surface area contributed by atoms with E-state index >= 15 is 0 Å². The smallest absolute Gasteiger partial charge is 0.337 e. The van der Waals surface area contributed by atoms with Crippen LogP contribution in [-0.2, 0) is 16.0 Å². The Morgan fingerprint density at radius 3 is 2.35 bits per heavy atom. The summed E-state index contributed by atoms with van der Waals surface area (Å²) in [6.07, 6.45) is 3.03. The topological polar surface area (TPSA) is 81.4 Å². The highest BCUT2D eigenvalue weighted by atomic mass is 16.5. The number of nitrogens with one attached hydrogen (secondary N) is 1. The molecular formula is C21H24N2O3. The molecule has 3 rings (SSSR count). The third-order valence-corrected chi connectivity index (χ3v) is 4.71. The largest absolute Gasteiger partial charge is 0.465 e. The Morgan fingerprint density at radius 2 is 1.77 bits per heavy atom. The van der Waals surface area contributed by atoms with E-state index < -0.39 is 0 Å². The Labute approximate surface area is 153 Å². The van der Waals surface area contributed by atoms with Crippen LogP contribution in [0.4, 0.5) is 5.69 Å². The molecule has 2 unspecified atom stereocenters. The van der Waals surface area contributed by atoms with E-state index in [1.807, 2.05) is 36.4 Å². The van der Waals surface area contributed by atoms with Gasteiger partial charge in [0.2, 0.25) is 5.91 Å². The van der Waals surface area contributed by atoms with Gasteiger partial charge in [0.25, 0.3) is 0 Å². The maximum absolute atomic E-state index is 12.1. The van der Waals surface area contributed by atoms with Crippen LogP contribution in [0.15, 0.2) is 48.5 Å². The van der Waals surface area contributed by atoms with Crippen LogP contribution in [0, 0.1) is 0 Å². The molecule has 2 aromatic rings. The lowest BCUT2D eigenvalue weighted by atomic mass is 10.1. The first kappa shape index (κ1) is 18.1. The molecule has 3 N–H and O–H groups in total. The van der Waals surface area contributed by atoms with Gasteiger partial charge < -0.3 is 15.8 Å². The first-order chi connectivity index (χ1) is 12.6. The van der Waals surface area contributed by atoms with E-state index in [2.05, 4.69) is 10.1 Å². The lowest BCUT2D eigenvalue weighted by molar-refractivity contribution is -0.116. The summed E-state index contributed by atoms with van der Waals surface area (Å²) in [5.74, 6) is 0.142. The molecule has 26 heavy (non-hydrogen) atoms. The molecule has 1 fully saturated rings. The van der Waals surface area contributed by atoms with Gasteiger partial charge in [0.1, 0.15) is 0 Å². The van der Waals surface area contributed by atoms with Gasteiger partial charge in [-0.2, -0.15) is 0 Å². The van der Waals surface area contributed by atoms with Crippen molar-refractivity contribution in [3.8, 4) is 0 Å². The summed E-state index contributed by atoms with van der Waals surface area (Å²) in [6.45, 7) is 0. The standard InChI is InChI=1S/C21H24N2O3/c1-26-21(25)16-7-5-14(6-8-16)3-2-4-20(24)23-17-11-9-15(10-12-17)18-13-19(18)22/h5-12,18-19H,2-4,13,22H2,1H3,(H,23,24). The Kier molecular flexibility index (Phi) is 5.68. The number of amides is 1. The molecule has 1 amide bonds. The maximum atomic E-state index is 12.1.